The van der Waals surface area contributed by atoms with E-state index in [1.165, 1.54) is 6.07 Å². The Kier molecular flexibility index (Phi) is 4.77. The van der Waals surface area contributed by atoms with Gasteiger partial charge in [0.15, 0.2) is 11.5 Å². The number of carbonyl (C=O) groups excluding carboxylic acids is 2. The summed E-state index contributed by atoms with van der Waals surface area (Å²) < 4.78 is 24.4. The SMILES string of the molecule is Cc1cc(N2CC[C@H](NC(=O)Nc3ccc4c(c3)OCCO4)C2=O)ccc1F. The highest BCUT2D eigenvalue weighted by Crippen LogP contribution is 2.32. The van der Waals surface area contributed by atoms with E-state index < -0.39 is 12.1 Å². The Balaban J connectivity index is 1.38. The molecular formula is C20H20FN3O4. The number of hydrogen-bond acceptors (Lipinski definition) is 4. The second-order valence-corrected chi connectivity index (χ2v) is 6.72. The molecule has 0 spiro atoms. The molecule has 4 rings (SSSR count). The van der Waals surface area contributed by atoms with E-state index in [1.54, 1.807) is 42.2 Å². The van der Waals surface area contributed by atoms with Crippen LogP contribution >= 0.6 is 0 Å². The van der Waals surface area contributed by atoms with Gasteiger partial charge in [-0.1, -0.05) is 0 Å². The third-order valence-corrected chi connectivity index (χ3v) is 4.76. The van der Waals surface area contributed by atoms with Gasteiger partial charge in [-0.2, -0.15) is 0 Å². The van der Waals surface area contributed by atoms with Crippen LogP contribution in [-0.2, 0) is 4.79 Å². The topological polar surface area (TPSA) is 79.9 Å². The summed E-state index contributed by atoms with van der Waals surface area (Å²) in [4.78, 5) is 26.5. The molecule has 0 unspecified atom stereocenters. The molecule has 0 radical (unpaired) electrons. The molecule has 2 aliphatic heterocycles. The minimum atomic E-state index is -0.637. The highest BCUT2D eigenvalue weighted by molar-refractivity contribution is 6.02. The Morgan fingerprint density at radius 1 is 1.14 bits per heavy atom. The lowest BCUT2D eigenvalue weighted by atomic mass is 10.2. The van der Waals surface area contributed by atoms with Gasteiger partial charge in [0.25, 0.3) is 0 Å². The molecule has 146 valence electrons. The van der Waals surface area contributed by atoms with Crippen molar-refractivity contribution in [1.29, 1.82) is 0 Å². The van der Waals surface area contributed by atoms with Gasteiger partial charge < -0.3 is 25.0 Å². The first-order chi connectivity index (χ1) is 13.5. The number of amides is 3. The molecule has 2 heterocycles. The second kappa shape index (κ2) is 7.38. The first kappa shape index (κ1) is 18.1. The molecule has 2 aromatic carbocycles. The van der Waals surface area contributed by atoms with Gasteiger partial charge in [-0.05, 0) is 49.2 Å². The number of carbonyl (C=O) groups is 2. The molecule has 2 aromatic rings. The van der Waals surface area contributed by atoms with Gasteiger partial charge in [-0.15, -0.1) is 0 Å². The lowest BCUT2D eigenvalue weighted by Gasteiger charge is -2.20. The number of rotatable bonds is 3. The van der Waals surface area contributed by atoms with Crippen molar-refractivity contribution in [2.24, 2.45) is 0 Å². The summed E-state index contributed by atoms with van der Waals surface area (Å²) in [5, 5.41) is 5.40. The van der Waals surface area contributed by atoms with Gasteiger partial charge in [-0.25, -0.2) is 9.18 Å². The Morgan fingerprint density at radius 2 is 1.93 bits per heavy atom. The van der Waals surface area contributed by atoms with Crippen LogP contribution < -0.4 is 25.0 Å². The summed E-state index contributed by atoms with van der Waals surface area (Å²) in [5.41, 5.74) is 1.64. The summed E-state index contributed by atoms with van der Waals surface area (Å²) >= 11 is 0. The normalized spacial score (nSPS) is 18.1. The molecule has 8 heteroatoms. The minimum absolute atomic E-state index is 0.219. The van der Waals surface area contributed by atoms with Crippen LogP contribution in [0.25, 0.3) is 0 Å². The van der Waals surface area contributed by atoms with Crippen LogP contribution in [0.1, 0.15) is 12.0 Å². The Labute approximate surface area is 161 Å². The monoisotopic (exact) mass is 385 g/mol. The van der Waals surface area contributed by atoms with Gasteiger partial charge in [0.1, 0.15) is 25.1 Å². The number of urea groups is 1. The first-order valence-corrected chi connectivity index (χ1v) is 9.06. The molecule has 1 saturated heterocycles. The molecule has 0 saturated carbocycles. The van der Waals surface area contributed by atoms with E-state index in [0.717, 1.165) is 0 Å². The van der Waals surface area contributed by atoms with Crippen LogP contribution in [0.2, 0.25) is 0 Å². The van der Waals surface area contributed by atoms with Gasteiger partial charge in [-0.3, -0.25) is 4.79 Å². The molecular weight excluding hydrogens is 365 g/mol. The Morgan fingerprint density at radius 3 is 2.71 bits per heavy atom. The van der Waals surface area contributed by atoms with Crippen LogP contribution in [0.3, 0.4) is 0 Å². The number of nitrogens with one attached hydrogen (secondary N) is 2. The van der Waals surface area contributed by atoms with Crippen molar-refractivity contribution in [3.05, 3.63) is 47.8 Å². The van der Waals surface area contributed by atoms with Gasteiger partial charge in [0.2, 0.25) is 5.91 Å². The maximum Gasteiger partial charge on any atom is 0.319 e. The Hall–Kier alpha value is -3.29. The quantitative estimate of drug-likeness (QED) is 0.852. The van der Waals surface area contributed by atoms with Crippen molar-refractivity contribution in [2.45, 2.75) is 19.4 Å². The van der Waals surface area contributed by atoms with Crippen LogP contribution in [0.15, 0.2) is 36.4 Å². The average Bonchev–Trinajstić information content (AvgIpc) is 3.04. The van der Waals surface area contributed by atoms with Crippen molar-refractivity contribution < 1.29 is 23.5 Å². The van der Waals surface area contributed by atoms with Gasteiger partial charge in [0, 0.05) is 24.0 Å². The number of hydrogen-bond donors (Lipinski definition) is 2. The number of nitrogens with zero attached hydrogens (tertiary/aromatic N) is 1. The highest BCUT2D eigenvalue weighted by atomic mass is 19.1. The molecule has 0 aliphatic carbocycles. The number of ether oxygens (including phenoxy) is 2. The third-order valence-electron chi connectivity index (χ3n) is 4.76. The van der Waals surface area contributed by atoms with Crippen molar-refractivity contribution in [3.63, 3.8) is 0 Å². The molecule has 0 aromatic heterocycles. The average molecular weight is 385 g/mol. The fraction of sp³-hybridized carbons (Fsp3) is 0.300. The van der Waals surface area contributed by atoms with E-state index in [0.29, 0.717) is 54.6 Å². The predicted molar refractivity (Wildman–Crippen MR) is 101 cm³/mol. The predicted octanol–water partition coefficient (Wildman–Crippen LogP) is 2.83. The number of halogens is 1. The Bertz CT molecular complexity index is 934. The van der Waals surface area contributed by atoms with E-state index in [9.17, 15) is 14.0 Å². The molecule has 7 nitrogen and oxygen atoms in total. The second-order valence-electron chi connectivity index (χ2n) is 6.72. The number of fused-ring (bicyclic) bond motifs is 1. The molecule has 2 N–H and O–H groups in total. The van der Waals surface area contributed by atoms with E-state index in [1.807, 2.05) is 0 Å². The molecule has 0 bridgehead atoms. The lowest BCUT2D eigenvalue weighted by Crippen LogP contribution is -2.43. The first-order valence-electron chi connectivity index (χ1n) is 9.06. The number of anilines is 2. The van der Waals surface area contributed by atoms with Crippen LogP contribution in [0, 0.1) is 12.7 Å². The fourth-order valence-electron chi connectivity index (χ4n) is 3.31. The van der Waals surface area contributed by atoms with Crippen molar-refractivity contribution in [3.8, 4) is 11.5 Å². The minimum Gasteiger partial charge on any atom is -0.486 e. The smallest absolute Gasteiger partial charge is 0.319 e. The molecule has 1 atom stereocenters. The van der Waals surface area contributed by atoms with Gasteiger partial charge in [0.05, 0.1) is 0 Å². The van der Waals surface area contributed by atoms with E-state index >= 15 is 0 Å². The van der Waals surface area contributed by atoms with Crippen LogP contribution in [0.5, 0.6) is 11.5 Å². The summed E-state index contributed by atoms with van der Waals surface area (Å²) in [6, 6.07) is 8.53. The lowest BCUT2D eigenvalue weighted by molar-refractivity contribution is -0.118. The number of aryl methyl sites for hydroxylation is 1. The zero-order valence-electron chi connectivity index (χ0n) is 15.3. The summed E-state index contributed by atoms with van der Waals surface area (Å²) in [5.74, 6) is 0.666. The number of benzene rings is 2. The third kappa shape index (κ3) is 3.58. The summed E-state index contributed by atoms with van der Waals surface area (Å²) in [7, 11) is 0. The van der Waals surface area contributed by atoms with Crippen LogP contribution in [-0.4, -0.2) is 37.7 Å². The van der Waals surface area contributed by atoms with Crippen molar-refractivity contribution >= 4 is 23.3 Å². The molecule has 2 aliphatic rings. The largest absolute Gasteiger partial charge is 0.486 e. The maximum absolute atomic E-state index is 13.5. The van der Waals surface area contributed by atoms with Gasteiger partial charge >= 0.3 is 6.03 Å². The van der Waals surface area contributed by atoms with Crippen LogP contribution in [0.4, 0.5) is 20.6 Å². The summed E-state index contributed by atoms with van der Waals surface area (Å²) in [6.07, 6.45) is 0.476. The fourth-order valence-corrected chi connectivity index (χ4v) is 3.31. The van der Waals surface area contributed by atoms with E-state index in [-0.39, 0.29) is 11.7 Å². The van der Waals surface area contributed by atoms with Crippen molar-refractivity contribution in [1.82, 2.24) is 5.32 Å². The maximum atomic E-state index is 13.5. The zero-order chi connectivity index (χ0) is 19.7. The molecule has 28 heavy (non-hydrogen) atoms. The van der Waals surface area contributed by atoms with Crippen molar-refractivity contribution in [2.75, 3.05) is 30.0 Å². The highest BCUT2D eigenvalue weighted by Gasteiger charge is 2.33. The van der Waals surface area contributed by atoms with E-state index in [2.05, 4.69) is 10.6 Å². The zero-order valence-corrected chi connectivity index (χ0v) is 15.3. The summed E-state index contributed by atoms with van der Waals surface area (Å²) in [6.45, 7) is 3.06. The molecule has 3 amide bonds. The van der Waals surface area contributed by atoms with E-state index in [4.69, 9.17) is 9.47 Å². The molecule has 1 fully saturated rings. The standard InChI is InChI=1S/C20H20FN3O4/c1-12-10-14(3-4-15(12)21)24-7-6-16(19(24)25)23-20(26)22-13-2-5-17-18(11-13)28-9-8-27-17/h2-5,10-11,16H,6-9H2,1H3,(H2,22,23,26)/t16-/m0/s1.